The van der Waals surface area contributed by atoms with Gasteiger partial charge in [-0.05, 0) is 37.0 Å². The summed E-state index contributed by atoms with van der Waals surface area (Å²) in [5.41, 5.74) is 1.63. The summed E-state index contributed by atoms with van der Waals surface area (Å²) in [4.78, 5) is 29.4. The molecule has 4 heterocycles. The Morgan fingerprint density at radius 1 is 1.03 bits per heavy atom. The van der Waals surface area contributed by atoms with Gasteiger partial charge >= 0.3 is 12.2 Å². The third-order valence-electron chi connectivity index (χ3n) is 7.07. The van der Waals surface area contributed by atoms with E-state index < -0.39 is 12.2 Å². The molecule has 3 unspecified atom stereocenters. The highest BCUT2D eigenvalue weighted by molar-refractivity contribution is 5.79. The van der Waals surface area contributed by atoms with Gasteiger partial charge in [-0.25, -0.2) is 4.79 Å². The van der Waals surface area contributed by atoms with E-state index in [0.29, 0.717) is 51.3 Å². The summed E-state index contributed by atoms with van der Waals surface area (Å²) in [7, 11) is 0. The number of nitrogens with one attached hydrogen (secondary N) is 1. The Kier molecular flexibility index (Phi) is 5.43. The Morgan fingerprint density at radius 2 is 1.78 bits per heavy atom. The topological polar surface area (TPSA) is 65.1 Å². The van der Waals surface area contributed by atoms with Gasteiger partial charge in [-0.15, -0.1) is 0 Å². The van der Waals surface area contributed by atoms with E-state index in [2.05, 4.69) is 5.32 Å². The fourth-order valence-corrected chi connectivity index (χ4v) is 5.27. The van der Waals surface area contributed by atoms with Crippen LogP contribution in [0.25, 0.3) is 0 Å². The lowest BCUT2D eigenvalue weighted by Crippen LogP contribution is -2.63. The molecule has 0 aliphatic carbocycles. The van der Waals surface area contributed by atoms with Gasteiger partial charge in [0.25, 0.3) is 0 Å². The van der Waals surface area contributed by atoms with E-state index in [1.165, 1.54) is 4.90 Å². The highest BCUT2D eigenvalue weighted by atomic mass is 19.4. The van der Waals surface area contributed by atoms with Gasteiger partial charge in [0, 0.05) is 44.3 Å². The molecule has 4 saturated heterocycles. The minimum absolute atomic E-state index is 0.0352. The van der Waals surface area contributed by atoms with Gasteiger partial charge in [-0.3, -0.25) is 4.79 Å². The van der Waals surface area contributed by atoms with Crippen molar-refractivity contribution >= 4 is 17.6 Å². The molecular weight excluding hydrogens is 425 g/mol. The van der Waals surface area contributed by atoms with Gasteiger partial charge in [0.1, 0.15) is 12.6 Å². The molecule has 10 heteroatoms. The maximum atomic E-state index is 13.2. The fraction of sp³-hybridized carbons (Fsp3) is 0.636. The zero-order valence-corrected chi connectivity index (χ0v) is 17.7. The number of alkyl halides is 3. The lowest BCUT2D eigenvalue weighted by Gasteiger charge is -2.46. The Morgan fingerprint density at radius 3 is 2.50 bits per heavy atom. The van der Waals surface area contributed by atoms with Crippen molar-refractivity contribution in [2.24, 2.45) is 0 Å². The Balaban J connectivity index is 1.15. The van der Waals surface area contributed by atoms with Crippen molar-refractivity contribution in [3.05, 3.63) is 29.8 Å². The number of carbonyl (C=O) groups excluding carboxylic acids is 2. The van der Waals surface area contributed by atoms with Crippen molar-refractivity contribution in [2.45, 2.75) is 49.5 Å². The number of amides is 3. The minimum Gasteiger partial charge on any atom is -0.366 e. The SMILES string of the molecule is O=C1COC2CCN(C(=O)N3CC(c4ccc(N5CCCC5C(F)(F)F)cc4)C3)CC2N1. The van der Waals surface area contributed by atoms with Crippen LogP contribution in [0, 0.1) is 0 Å². The van der Waals surface area contributed by atoms with Crippen LogP contribution in [0.15, 0.2) is 24.3 Å². The quantitative estimate of drug-likeness (QED) is 0.748. The Bertz CT molecular complexity index is 872. The summed E-state index contributed by atoms with van der Waals surface area (Å²) < 4.78 is 45.3. The van der Waals surface area contributed by atoms with Crippen LogP contribution in [0.3, 0.4) is 0 Å². The second-order valence-corrected chi connectivity index (χ2v) is 9.13. The lowest BCUT2D eigenvalue weighted by molar-refractivity contribution is -0.146. The average Bonchev–Trinajstić information content (AvgIpc) is 3.23. The van der Waals surface area contributed by atoms with E-state index >= 15 is 0 Å². The molecule has 1 N–H and O–H groups in total. The molecule has 174 valence electrons. The number of hydrogen-bond donors (Lipinski definition) is 1. The number of likely N-dealkylation sites (tertiary alicyclic amines) is 2. The van der Waals surface area contributed by atoms with E-state index in [9.17, 15) is 22.8 Å². The predicted molar refractivity (Wildman–Crippen MR) is 110 cm³/mol. The molecule has 0 spiro atoms. The molecule has 4 fully saturated rings. The van der Waals surface area contributed by atoms with Crippen molar-refractivity contribution in [3.63, 3.8) is 0 Å². The molecule has 4 aliphatic rings. The fourth-order valence-electron chi connectivity index (χ4n) is 5.27. The molecular formula is C22H27F3N4O3. The Labute approximate surface area is 184 Å². The maximum absolute atomic E-state index is 13.2. The number of anilines is 1. The number of ether oxygens (including phenoxy) is 1. The number of morpholine rings is 1. The van der Waals surface area contributed by atoms with E-state index in [0.717, 1.165) is 5.56 Å². The molecule has 0 bridgehead atoms. The first-order valence-electron chi connectivity index (χ1n) is 11.2. The van der Waals surface area contributed by atoms with E-state index in [1.807, 2.05) is 12.1 Å². The highest BCUT2D eigenvalue weighted by Crippen LogP contribution is 2.37. The first-order valence-corrected chi connectivity index (χ1v) is 11.2. The molecule has 0 saturated carbocycles. The second-order valence-electron chi connectivity index (χ2n) is 9.13. The number of nitrogens with zero attached hydrogens (tertiary/aromatic N) is 3. The predicted octanol–water partition coefficient (Wildman–Crippen LogP) is 2.33. The van der Waals surface area contributed by atoms with Gasteiger partial charge < -0.3 is 24.8 Å². The molecule has 32 heavy (non-hydrogen) atoms. The highest BCUT2D eigenvalue weighted by Gasteiger charge is 2.46. The van der Waals surface area contributed by atoms with Crippen molar-refractivity contribution < 1.29 is 27.5 Å². The number of piperidine rings is 1. The molecule has 1 aromatic rings. The van der Waals surface area contributed by atoms with Gasteiger partial charge in [0.15, 0.2) is 0 Å². The molecule has 4 aliphatic heterocycles. The Hall–Kier alpha value is -2.49. The van der Waals surface area contributed by atoms with Crippen LogP contribution in [0.5, 0.6) is 0 Å². The zero-order valence-electron chi connectivity index (χ0n) is 17.7. The molecule has 0 radical (unpaired) electrons. The number of halogens is 3. The third-order valence-corrected chi connectivity index (χ3v) is 7.07. The number of benzene rings is 1. The average molecular weight is 452 g/mol. The summed E-state index contributed by atoms with van der Waals surface area (Å²) >= 11 is 0. The van der Waals surface area contributed by atoms with Crippen LogP contribution in [0.4, 0.5) is 23.7 Å². The number of carbonyl (C=O) groups is 2. The van der Waals surface area contributed by atoms with Gasteiger partial charge in [0.2, 0.25) is 5.91 Å². The lowest BCUT2D eigenvalue weighted by atomic mass is 9.91. The molecule has 3 atom stereocenters. The van der Waals surface area contributed by atoms with E-state index in [4.69, 9.17) is 4.74 Å². The second kappa shape index (κ2) is 8.13. The van der Waals surface area contributed by atoms with Crippen molar-refractivity contribution in [3.8, 4) is 0 Å². The first kappa shape index (κ1) is 21.4. The summed E-state index contributed by atoms with van der Waals surface area (Å²) in [5, 5.41) is 2.90. The van der Waals surface area contributed by atoms with Crippen molar-refractivity contribution in [1.29, 1.82) is 0 Å². The van der Waals surface area contributed by atoms with E-state index in [-0.39, 0.29) is 43.0 Å². The smallest absolute Gasteiger partial charge is 0.366 e. The third kappa shape index (κ3) is 4.00. The minimum atomic E-state index is -4.22. The van der Waals surface area contributed by atoms with Crippen LogP contribution in [-0.4, -0.2) is 85.4 Å². The molecule has 7 nitrogen and oxygen atoms in total. The number of hydrogen-bond acceptors (Lipinski definition) is 4. The van der Waals surface area contributed by atoms with Gasteiger partial charge in [0.05, 0.1) is 12.1 Å². The van der Waals surface area contributed by atoms with Gasteiger partial charge in [-0.1, -0.05) is 12.1 Å². The monoisotopic (exact) mass is 452 g/mol. The molecule has 5 rings (SSSR count). The van der Waals surface area contributed by atoms with Crippen molar-refractivity contribution in [1.82, 2.24) is 15.1 Å². The van der Waals surface area contributed by atoms with E-state index in [1.54, 1.807) is 21.9 Å². The van der Waals surface area contributed by atoms with Crippen LogP contribution in [-0.2, 0) is 9.53 Å². The zero-order chi connectivity index (χ0) is 22.5. The molecule has 0 aromatic heterocycles. The molecule has 1 aromatic carbocycles. The number of rotatable bonds is 2. The van der Waals surface area contributed by atoms with Crippen LogP contribution in [0.1, 0.15) is 30.7 Å². The summed E-state index contributed by atoms with van der Waals surface area (Å²) in [6, 6.07) is 5.68. The number of fused-ring (bicyclic) bond motifs is 1. The van der Waals surface area contributed by atoms with Gasteiger partial charge in [-0.2, -0.15) is 13.2 Å². The normalized spacial score (nSPS) is 28.9. The molecule has 3 amide bonds. The maximum Gasteiger partial charge on any atom is 0.408 e. The van der Waals surface area contributed by atoms with Crippen LogP contribution < -0.4 is 10.2 Å². The summed E-state index contributed by atoms with van der Waals surface area (Å²) in [5.74, 6) is 0.0312. The number of urea groups is 1. The first-order chi connectivity index (χ1) is 15.3. The standard InChI is InChI=1S/C22H27F3N4O3/c23-22(24,25)19-2-1-8-29(19)16-5-3-14(4-6-16)15-10-28(11-15)21(31)27-9-7-18-17(12-27)26-20(30)13-32-18/h3-6,15,17-19H,1-2,7-13H2,(H,26,30). The van der Waals surface area contributed by atoms with Crippen molar-refractivity contribution in [2.75, 3.05) is 44.2 Å². The summed E-state index contributed by atoms with van der Waals surface area (Å²) in [6.07, 6.45) is -2.87. The largest absolute Gasteiger partial charge is 0.408 e. The summed E-state index contributed by atoms with van der Waals surface area (Å²) in [6.45, 7) is 2.71. The van der Waals surface area contributed by atoms with Crippen LogP contribution >= 0.6 is 0 Å². The van der Waals surface area contributed by atoms with Crippen LogP contribution in [0.2, 0.25) is 0 Å².